The highest BCUT2D eigenvalue weighted by Crippen LogP contribution is 2.20. The second-order valence-electron chi connectivity index (χ2n) is 8.79. The highest BCUT2D eigenvalue weighted by atomic mass is 16.6. The third-order valence-electron chi connectivity index (χ3n) is 5.65. The number of aromatic carboxylic acids is 2. The van der Waals surface area contributed by atoms with Crippen LogP contribution in [0.5, 0.6) is 0 Å². The Bertz CT molecular complexity index is 1550. The quantitative estimate of drug-likeness (QED) is 0.134. The largest absolute Gasteiger partial charge is 0.478 e. The van der Waals surface area contributed by atoms with E-state index in [0.29, 0.717) is 0 Å². The summed E-state index contributed by atoms with van der Waals surface area (Å²) in [5.74, 6) is -4.37. The molecule has 0 aromatic heterocycles. The monoisotopic (exact) mass is 602 g/mol. The number of nitro groups is 2. The zero-order valence-electron chi connectivity index (χ0n) is 22.5. The van der Waals surface area contributed by atoms with E-state index >= 15 is 0 Å². The first-order valence-electron chi connectivity index (χ1n) is 12.4. The van der Waals surface area contributed by atoms with Crippen molar-refractivity contribution in [3.05, 3.63) is 151 Å². The third-order valence-corrected chi connectivity index (χ3v) is 5.65. The molecule has 44 heavy (non-hydrogen) atoms. The smallest absolute Gasteiger partial charge is 0.338 e. The zero-order chi connectivity index (χ0) is 32.2. The van der Waals surface area contributed by atoms with Gasteiger partial charge in [0, 0.05) is 24.3 Å². The van der Waals surface area contributed by atoms with Crippen molar-refractivity contribution in [1.29, 1.82) is 0 Å². The minimum absolute atomic E-state index is 0.0101. The molecule has 14 heteroatoms. The number of nitrogens with zero attached hydrogens (tertiary/aromatic N) is 2. The number of hydrogen-bond donors (Lipinski definition) is 2. The molecule has 0 aliphatic carbocycles. The molecule has 14 nitrogen and oxygen atoms in total. The Morgan fingerprint density at radius 2 is 0.864 bits per heavy atom. The molecule has 4 aromatic rings. The van der Waals surface area contributed by atoms with Gasteiger partial charge in [0.15, 0.2) is 0 Å². The molecule has 0 heterocycles. The van der Waals surface area contributed by atoms with Crippen molar-refractivity contribution in [2.24, 2.45) is 0 Å². The van der Waals surface area contributed by atoms with E-state index in [-0.39, 0.29) is 24.3 Å². The number of rotatable bonds is 10. The molecule has 0 radical (unpaired) electrons. The van der Waals surface area contributed by atoms with Gasteiger partial charge in [0.1, 0.15) is 13.2 Å². The maximum atomic E-state index is 12.4. The van der Waals surface area contributed by atoms with Crippen LogP contribution in [0.2, 0.25) is 0 Å². The van der Waals surface area contributed by atoms with E-state index in [9.17, 15) is 39.4 Å². The maximum Gasteiger partial charge on any atom is 0.338 e. The van der Waals surface area contributed by atoms with Gasteiger partial charge in [-0.3, -0.25) is 20.2 Å². The van der Waals surface area contributed by atoms with Crippen LogP contribution < -0.4 is 0 Å². The average molecular weight is 603 g/mol. The summed E-state index contributed by atoms with van der Waals surface area (Å²) < 4.78 is 10.4. The number of esters is 2. The number of benzene rings is 4. The molecule has 0 unspecified atom stereocenters. The first-order chi connectivity index (χ1) is 20.9. The summed E-state index contributed by atoms with van der Waals surface area (Å²) in [4.78, 5) is 65.8. The summed E-state index contributed by atoms with van der Waals surface area (Å²) in [5.41, 5.74) is -0.465. The highest BCUT2D eigenvalue weighted by molar-refractivity contribution is 5.96. The fourth-order valence-electron chi connectivity index (χ4n) is 3.53. The predicted molar refractivity (Wildman–Crippen MR) is 151 cm³/mol. The maximum absolute atomic E-state index is 12.4. The fraction of sp³-hybridized carbons (Fsp3) is 0.0667. The molecule has 0 fully saturated rings. The molecule has 0 saturated heterocycles. The number of carbonyl (C=O) groups is 4. The van der Waals surface area contributed by atoms with Crippen molar-refractivity contribution in [3.8, 4) is 0 Å². The van der Waals surface area contributed by atoms with Gasteiger partial charge >= 0.3 is 23.9 Å². The number of hydrogen-bond acceptors (Lipinski definition) is 10. The Balaban J connectivity index is 0.000000297. The lowest BCUT2D eigenvalue weighted by Crippen LogP contribution is -2.10. The van der Waals surface area contributed by atoms with Crippen LogP contribution in [0.4, 0.5) is 11.4 Å². The second-order valence-corrected chi connectivity index (χ2v) is 8.79. The van der Waals surface area contributed by atoms with Gasteiger partial charge in [0.25, 0.3) is 11.4 Å². The average Bonchev–Trinajstić information content (AvgIpc) is 3.03. The molecule has 0 amide bonds. The molecule has 0 atom stereocenters. The number of non-ortho nitro benzene ring substituents is 2. The van der Waals surface area contributed by atoms with Crippen LogP contribution >= 0.6 is 0 Å². The summed E-state index contributed by atoms with van der Waals surface area (Å²) in [7, 11) is 0. The Labute approximate surface area is 248 Å². The lowest BCUT2D eigenvalue weighted by molar-refractivity contribution is -0.385. The first-order valence-corrected chi connectivity index (χ1v) is 12.4. The lowest BCUT2D eigenvalue weighted by atomic mass is 10.1. The minimum atomic E-state index is -1.42. The second kappa shape index (κ2) is 15.0. The van der Waals surface area contributed by atoms with Gasteiger partial charge in [-0.2, -0.15) is 0 Å². The summed E-state index contributed by atoms with van der Waals surface area (Å²) in [6.45, 7) is 0.0201. The van der Waals surface area contributed by atoms with Crippen molar-refractivity contribution in [1.82, 2.24) is 0 Å². The SMILES string of the molecule is O=C(O)c1cc(C(=O)O)cc([N+](=O)[O-])c1.O=C(OCc1ccccc1)c1cc(C(=O)OCc2ccccc2)cc([N+](=O)[O-])c1. The van der Waals surface area contributed by atoms with Crippen LogP contribution in [0.3, 0.4) is 0 Å². The molecule has 224 valence electrons. The van der Waals surface area contributed by atoms with Gasteiger partial charge in [0.05, 0.1) is 32.1 Å². The zero-order valence-corrected chi connectivity index (χ0v) is 22.5. The normalized spacial score (nSPS) is 10.0. The lowest BCUT2D eigenvalue weighted by Gasteiger charge is -2.08. The summed E-state index contributed by atoms with van der Waals surface area (Å²) in [5, 5.41) is 38.7. The number of ether oxygens (including phenoxy) is 2. The van der Waals surface area contributed by atoms with Crippen LogP contribution in [0.25, 0.3) is 0 Å². The summed E-state index contributed by atoms with van der Waals surface area (Å²) in [6, 6.07) is 23.8. The number of nitro benzene ring substituents is 2. The highest BCUT2D eigenvalue weighted by Gasteiger charge is 2.20. The van der Waals surface area contributed by atoms with Crippen LogP contribution in [0.1, 0.15) is 52.6 Å². The first kappa shape index (κ1) is 32.1. The Morgan fingerprint density at radius 1 is 0.545 bits per heavy atom. The standard InChI is InChI=1S/C22H17NO6.C8H5NO6/c24-21(28-14-16-7-3-1-4-8-16)18-11-19(13-20(12-18)23(26)27)22(25)29-15-17-9-5-2-6-10-17;10-7(11)4-1-5(8(12)13)3-6(2-4)9(14)15/h1-13H,14-15H2;1-3H,(H,10,11)(H,12,13). The van der Waals surface area contributed by atoms with Crippen molar-refractivity contribution < 1.29 is 48.7 Å². The van der Waals surface area contributed by atoms with Gasteiger partial charge in [-0.15, -0.1) is 0 Å². The Morgan fingerprint density at radius 3 is 1.18 bits per heavy atom. The van der Waals surface area contributed by atoms with E-state index in [2.05, 4.69) is 0 Å². The van der Waals surface area contributed by atoms with E-state index in [1.807, 2.05) is 12.1 Å². The molecule has 0 bridgehead atoms. The van der Waals surface area contributed by atoms with Gasteiger partial charge in [-0.05, 0) is 23.3 Å². The molecule has 0 aliphatic heterocycles. The van der Waals surface area contributed by atoms with Crippen molar-refractivity contribution in [2.75, 3.05) is 0 Å². The van der Waals surface area contributed by atoms with Gasteiger partial charge in [-0.1, -0.05) is 60.7 Å². The van der Waals surface area contributed by atoms with Crippen LogP contribution in [-0.4, -0.2) is 43.9 Å². The number of carboxylic acids is 2. The number of carboxylic acid groups (broad SMARTS) is 2. The van der Waals surface area contributed by atoms with Crippen molar-refractivity contribution >= 4 is 35.3 Å². The molecule has 0 aliphatic rings. The molecule has 0 spiro atoms. The van der Waals surface area contributed by atoms with Crippen molar-refractivity contribution in [2.45, 2.75) is 13.2 Å². The molecular weight excluding hydrogens is 580 g/mol. The molecule has 2 N–H and O–H groups in total. The summed E-state index contributed by atoms with van der Waals surface area (Å²) >= 11 is 0. The predicted octanol–water partition coefficient (Wildman–Crippen LogP) is 5.30. The van der Waals surface area contributed by atoms with E-state index in [1.54, 1.807) is 48.5 Å². The van der Waals surface area contributed by atoms with Gasteiger partial charge in [0.2, 0.25) is 0 Å². The van der Waals surface area contributed by atoms with Gasteiger partial charge in [-0.25, -0.2) is 19.2 Å². The van der Waals surface area contributed by atoms with E-state index in [1.165, 1.54) is 6.07 Å². The summed E-state index contributed by atoms with van der Waals surface area (Å²) in [6.07, 6.45) is 0. The number of carbonyl (C=O) groups excluding carboxylic acids is 2. The topological polar surface area (TPSA) is 213 Å². The van der Waals surface area contributed by atoms with Crippen LogP contribution in [-0.2, 0) is 22.7 Å². The molecule has 4 rings (SSSR count). The van der Waals surface area contributed by atoms with Crippen LogP contribution in [0, 0.1) is 20.2 Å². The molecule has 0 saturated carbocycles. The molecule has 4 aromatic carbocycles. The van der Waals surface area contributed by atoms with Crippen molar-refractivity contribution in [3.63, 3.8) is 0 Å². The van der Waals surface area contributed by atoms with Gasteiger partial charge < -0.3 is 19.7 Å². The van der Waals surface area contributed by atoms with E-state index < -0.39 is 56.2 Å². The van der Waals surface area contributed by atoms with Crippen LogP contribution in [0.15, 0.2) is 97.1 Å². The molecular formula is C30H22N2O12. The Hall–Kier alpha value is -6.44. The van der Waals surface area contributed by atoms with E-state index in [0.717, 1.165) is 41.5 Å². The minimum Gasteiger partial charge on any atom is -0.478 e. The third kappa shape index (κ3) is 9.31. The van der Waals surface area contributed by atoms with E-state index in [4.69, 9.17) is 19.7 Å². The fourth-order valence-corrected chi connectivity index (χ4v) is 3.53. The Kier molecular flexibility index (Phi) is 10.9.